The number of carbonyl (C=O) groups excluding carboxylic acids is 1. The van der Waals surface area contributed by atoms with Crippen LogP contribution in [0.25, 0.3) is 0 Å². The van der Waals surface area contributed by atoms with E-state index >= 15 is 0 Å². The molecule has 6 nitrogen and oxygen atoms in total. The van der Waals surface area contributed by atoms with Gasteiger partial charge in [0.25, 0.3) is 5.91 Å². The maximum Gasteiger partial charge on any atom is 0.271 e. The highest BCUT2D eigenvalue weighted by Crippen LogP contribution is 2.33. The Hall–Kier alpha value is -1.40. The second-order valence-electron chi connectivity index (χ2n) is 5.20. The smallest absolute Gasteiger partial charge is 0.271 e. The van der Waals surface area contributed by atoms with Crippen molar-refractivity contribution in [3.8, 4) is 0 Å². The molecule has 2 N–H and O–H groups in total. The quantitative estimate of drug-likeness (QED) is 0.821. The van der Waals surface area contributed by atoms with Gasteiger partial charge in [0.1, 0.15) is 5.69 Å². The summed E-state index contributed by atoms with van der Waals surface area (Å²) in [5.41, 5.74) is 0.268. The van der Waals surface area contributed by atoms with Crippen molar-refractivity contribution >= 4 is 5.91 Å². The molecule has 1 fully saturated rings. The number of methoxy groups -OCH3 is 1. The van der Waals surface area contributed by atoms with E-state index in [1.54, 1.807) is 24.3 Å². The number of likely N-dealkylation sites (tertiary alicyclic amines) is 1. The van der Waals surface area contributed by atoms with Crippen LogP contribution < -0.4 is 0 Å². The van der Waals surface area contributed by atoms with E-state index in [1.165, 1.54) is 0 Å². The number of nitrogens with zero attached hydrogens (tertiary/aromatic N) is 2. The highest BCUT2D eigenvalue weighted by atomic mass is 16.5. The van der Waals surface area contributed by atoms with Crippen molar-refractivity contribution in [1.29, 1.82) is 0 Å². The molecule has 1 saturated heterocycles. The largest absolute Gasteiger partial charge is 0.396 e. The number of ether oxygens (including phenoxy) is 1. The molecule has 19 heavy (non-hydrogen) atoms. The Morgan fingerprint density at radius 2 is 2.53 bits per heavy atom. The zero-order valence-corrected chi connectivity index (χ0v) is 11.3. The number of piperidine rings is 1. The first-order valence-corrected chi connectivity index (χ1v) is 6.59. The maximum absolute atomic E-state index is 12.3. The van der Waals surface area contributed by atoms with E-state index in [9.17, 15) is 9.90 Å². The van der Waals surface area contributed by atoms with Crippen LogP contribution in [0.3, 0.4) is 0 Å². The molecule has 6 heteroatoms. The molecule has 106 valence electrons. The third-order valence-electron chi connectivity index (χ3n) is 3.85. The van der Waals surface area contributed by atoms with E-state index < -0.39 is 0 Å². The molecule has 0 bridgehead atoms. The average Bonchev–Trinajstić information content (AvgIpc) is 2.99. The van der Waals surface area contributed by atoms with Gasteiger partial charge in [-0.05, 0) is 25.3 Å². The van der Waals surface area contributed by atoms with E-state index in [0.29, 0.717) is 18.8 Å². The van der Waals surface area contributed by atoms with E-state index in [4.69, 9.17) is 4.74 Å². The van der Waals surface area contributed by atoms with Crippen LogP contribution in [0.15, 0.2) is 12.3 Å². The average molecular weight is 267 g/mol. The van der Waals surface area contributed by atoms with E-state index in [-0.39, 0.29) is 17.9 Å². The number of hydrogen-bond acceptors (Lipinski definition) is 4. The van der Waals surface area contributed by atoms with Crippen molar-refractivity contribution in [2.45, 2.75) is 19.3 Å². The fourth-order valence-corrected chi connectivity index (χ4v) is 2.66. The fraction of sp³-hybridized carbons (Fsp3) is 0.692. The molecule has 1 atom stereocenters. The van der Waals surface area contributed by atoms with Gasteiger partial charge in [-0.3, -0.25) is 9.89 Å². The molecule has 2 heterocycles. The lowest BCUT2D eigenvalue weighted by Gasteiger charge is -2.41. The predicted molar refractivity (Wildman–Crippen MR) is 69.7 cm³/mol. The number of H-pyrrole nitrogens is 1. The van der Waals surface area contributed by atoms with Crippen LogP contribution in [-0.4, -0.2) is 59.5 Å². The molecule has 1 aliphatic rings. The lowest BCUT2D eigenvalue weighted by atomic mass is 9.78. The lowest BCUT2D eigenvalue weighted by molar-refractivity contribution is 0.00873. The molecular formula is C13H21N3O3. The molecule has 1 amide bonds. The van der Waals surface area contributed by atoms with Gasteiger partial charge in [-0.25, -0.2) is 0 Å². The molecule has 0 aromatic carbocycles. The summed E-state index contributed by atoms with van der Waals surface area (Å²) in [4.78, 5) is 14.1. The van der Waals surface area contributed by atoms with Crippen LogP contribution in [-0.2, 0) is 4.74 Å². The third-order valence-corrected chi connectivity index (χ3v) is 3.85. The topological polar surface area (TPSA) is 78.5 Å². The van der Waals surface area contributed by atoms with Crippen molar-refractivity contribution in [2.24, 2.45) is 5.41 Å². The van der Waals surface area contributed by atoms with Gasteiger partial charge in [-0.15, -0.1) is 0 Å². The summed E-state index contributed by atoms with van der Waals surface area (Å²) in [5.74, 6) is -0.0487. The molecule has 0 radical (unpaired) electrons. The Morgan fingerprint density at radius 3 is 3.16 bits per heavy atom. The lowest BCUT2D eigenvalue weighted by Crippen LogP contribution is -2.48. The van der Waals surface area contributed by atoms with Crippen molar-refractivity contribution in [3.63, 3.8) is 0 Å². The Kier molecular flexibility index (Phi) is 4.55. The first-order chi connectivity index (χ1) is 9.21. The number of hydrogen-bond donors (Lipinski definition) is 2. The first kappa shape index (κ1) is 14.0. The number of rotatable bonds is 5. The minimum Gasteiger partial charge on any atom is -0.396 e. The van der Waals surface area contributed by atoms with Gasteiger partial charge in [0.2, 0.25) is 0 Å². The third kappa shape index (κ3) is 3.13. The number of carbonyl (C=O) groups is 1. The number of amides is 1. The zero-order chi connectivity index (χ0) is 13.7. The molecule has 2 rings (SSSR count). The van der Waals surface area contributed by atoms with Gasteiger partial charge in [-0.1, -0.05) is 0 Å². The number of nitrogens with one attached hydrogen (secondary N) is 1. The SMILES string of the molecule is COCC[C@@]1(CO)CCCN(C(=O)c2ccn[nH]2)C1. The summed E-state index contributed by atoms with van der Waals surface area (Å²) in [6.07, 6.45) is 4.18. The minimum atomic E-state index is -0.232. The van der Waals surface area contributed by atoms with Crippen molar-refractivity contribution in [3.05, 3.63) is 18.0 Å². The van der Waals surface area contributed by atoms with Gasteiger partial charge in [-0.2, -0.15) is 5.10 Å². The van der Waals surface area contributed by atoms with E-state index in [0.717, 1.165) is 25.8 Å². The number of aromatic nitrogens is 2. The summed E-state index contributed by atoms with van der Waals surface area (Å²) in [6, 6.07) is 1.67. The molecule has 0 spiro atoms. The van der Waals surface area contributed by atoms with Crippen LogP contribution in [0.1, 0.15) is 29.8 Å². The van der Waals surface area contributed by atoms with E-state index in [1.807, 2.05) is 0 Å². The zero-order valence-electron chi connectivity index (χ0n) is 11.3. The summed E-state index contributed by atoms with van der Waals surface area (Å²) in [5, 5.41) is 16.2. The number of aliphatic hydroxyl groups is 1. The monoisotopic (exact) mass is 267 g/mol. The molecule has 0 saturated carbocycles. The highest BCUT2D eigenvalue weighted by molar-refractivity contribution is 5.92. The first-order valence-electron chi connectivity index (χ1n) is 6.59. The van der Waals surface area contributed by atoms with Gasteiger partial charge in [0, 0.05) is 38.4 Å². The Morgan fingerprint density at radius 1 is 1.68 bits per heavy atom. The van der Waals surface area contributed by atoms with Crippen molar-refractivity contribution < 1.29 is 14.6 Å². The van der Waals surface area contributed by atoms with Crippen molar-refractivity contribution in [2.75, 3.05) is 33.4 Å². The molecule has 1 aromatic heterocycles. The van der Waals surface area contributed by atoms with Crippen LogP contribution >= 0.6 is 0 Å². The van der Waals surface area contributed by atoms with Crippen molar-refractivity contribution in [1.82, 2.24) is 15.1 Å². The molecule has 0 unspecified atom stereocenters. The Labute approximate surface area is 112 Å². The van der Waals surface area contributed by atoms with E-state index in [2.05, 4.69) is 10.2 Å². The summed E-state index contributed by atoms with van der Waals surface area (Å²) in [7, 11) is 1.65. The molecule has 0 aliphatic carbocycles. The number of aromatic amines is 1. The van der Waals surface area contributed by atoms with Gasteiger partial charge in [0.05, 0.1) is 6.61 Å². The number of aliphatic hydroxyl groups excluding tert-OH is 1. The van der Waals surface area contributed by atoms with Crippen LogP contribution in [0, 0.1) is 5.41 Å². The van der Waals surface area contributed by atoms with Crippen LogP contribution in [0.5, 0.6) is 0 Å². The second-order valence-corrected chi connectivity index (χ2v) is 5.20. The summed E-state index contributed by atoms with van der Waals surface area (Å²) >= 11 is 0. The predicted octanol–water partition coefficient (Wildman–Crippen LogP) is 0.661. The van der Waals surface area contributed by atoms with Crippen LogP contribution in [0.4, 0.5) is 0 Å². The normalized spacial score (nSPS) is 23.6. The fourth-order valence-electron chi connectivity index (χ4n) is 2.66. The maximum atomic E-state index is 12.3. The summed E-state index contributed by atoms with van der Waals surface area (Å²) < 4.78 is 5.11. The van der Waals surface area contributed by atoms with Gasteiger partial charge >= 0.3 is 0 Å². The molecule has 1 aromatic rings. The van der Waals surface area contributed by atoms with Crippen LogP contribution in [0.2, 0.25) is 0 Å². The Bertz CT molecular complexity index is 407. The second kappa shape index (κ2) is 6.16. The Balaban J connectivity index is 2.05. The van der Waals surface area contributed by atoms with Gasteiger partial charge < -0.3 is 14.7 Å². The summed E-state index contributed by atoms with van der Waals surface area (Å²) in [6.45, 7) is 1.99. The van der Waals surface area contributed by atoms with Gasteiger partial charge in [0.15, 0.2) is 0 Å². The molecule has 1 aliphatic heterocycles. The minimum absolute atomic E-state index is 0.0487. The highest BCUT2D eigenvalue weighted by Gasteiger charge is 2.36. The standard InChI is InChI=1S/C13H21N3O3/c1-19-8-5-13(10-17)4-2-7-16(9-13)12(18)11-3-6-14-15-11/h3,6,17H,2,4-5,7-10H2,1H3,(H,14,15)/t13-/m0/s1. The molecular weight excluding hydrogens is 246 g/mol.